The predicted octanol–water partition coefficient (Wildman–Crippen LogP) is 2.84. The molecular weight excluding hydrogens is 336 g/mol. The molecule has 0 saturated heterocycles. The van der Waals surface area contributed by atoms with E-state index in [0.717, 1.165) is 9.37 Å². The van der Waals surface area contributed by atoms with E-state index in [0.29, 0.717) is 28.3 Å². The van der Waals surface area contributed by atoms with Gasteiger partial charge in [-0.3, -0.25) is 9.59 Å². The van der Waals surface area contributed by atoms with E-state index in [9.17, 15) is 9.59 Å². The van der Waals surface area contributed by atoms with Crippen molar-refractivity contribution in [1.29, 1.82) is 0 Å². The van der Waals surface area contributed by atoms with Gasteiger partial charge in [0.1, 0.15) is 5.75 Å². The summed E-state index contributed by atoms with van der Waals surface area (Å²) in [4.78, 5) is 26.0. The van der Waals surface area contributed by atoms with Crippen LogP contribution in [0.4, 0.5) is 11.4 Å². The van der Waals surface area contributed by atoms with Crippen LogP contribution < -0.4 is 15.4 Å². The third kappa shape index (κ3) is 2.08. The minimum Gasteiger partial charge on any atom is -0.495 e. The minimum absolute atomic E-state index is 0.321. The highest BCUT2D eigenvalue weighted by molar-refractivity contribution is 9.10. The number of carbonyl (C=O) groups excluding carboxylic acids is 2. The largest absolute Gasteiger partial charge is 0.495 e. The monoisotopic (exact) mass is 346 g/mol. The zero-order valence-electron chi connectivity index (χ0n) is 11.1. The highest BCUT2D eigenvalue weighted by atomic mass is 79.9. The lowest BCUT2D eigenvalue weighted by Crippen LogP contribution is -2.29. The number of carbonyl (C=O) groups is 2. The number of methoxy groups -OCH3 is 1. The lowest BCUT2D eigenvalue weighted by atomic mass is 10.1. The van der Waals surface area contributed by atoms with Crippen molar-refractivity contribution in [3.8, 4) is 5.75 Å². The zero-order valence-corrected chi connectivity index (χ0v) is 12.7. The summed E-state index contributed by atoms with van der Waals surface area (Å²) in [7, 11) is 1.52. The van der Waals surface area contributed by atoms with Gasteiger partial charge in [-0.25, -0.2) is 4.90 Å². The number of hydrogen-bond donors (Lipinski definition) is 1. The number of hydrogen-bond acceptors (Lipinski definition) is 4. The fourth-order valence-corrected chi connectivity index (χ4v) is 2.69. The van der Waals surface area contributed by atoms with Crippen molar-refractivity contribution in [2.24, 2.45) is 0 Å². The van der Waals surface area contributed by atoms with Crippen LogP contribution in [0.5, 0.6) is 5.75 Å². The highest BCUT2D eigenvalue weighted by Crippen LogP contribution is 2.34. The number of benzene rings is 2. The van der Waals surface area contributed by atoms with Crippen molar-refractivity contribution in [3.63, 3.8) is 0 Å². The first-order valence-electron chi connectivity index (χ1n) is 6.15. The van der Waals surface area contributed by atoms with Gasteiger partial charge in [-0.15, -0.1) is 0 Å². The second-order valence-electron chi connectivity index (χ2n) is 4.57. The van der Waals surface area contributed by atoms with Gasteiger partial charge in [0.05, 0.1) is 28.4 Å². The number of fused-ring (bicyclic) bond motifs is 1. The van der Waals surface area contributed by atoms with E-state index in [4.69, 9.17) is 10.5 Å². The lowest BCUT2D eigenvalue weighted by molar-refractivity contribution is 0.0926. The molecule has 1 aliphatic heterocycles. The number of nitrogens with zero attached hydrogens (tertiary/aromatic N) is 1. The fraction of sp³-hybridized carbons (Fsp3) is 0.0667. The summed E-state index contributed by atoms with van der Waals surface area (Å²) in [6.07, 6.45) is 0. The smallest absolute Gasteiger partial charge is 0.266 e. The molecule has 0 atom stereocenters. The molecule has 1 aliphatic rings. The van der Waals surface area contributed by atoms with Crippen LogP contribution in [0.3, 0.4) is 0 Å². The minimum atomic E-state index is -0.383. The molecule has 0 saturated carbocycles. The van der Waals surface area contributed by atoms with Crippen LogP contribution in [-0.4, -0.2) is 18.9 Å². The third-order valence-electron chi connectivity index (χ3n) is 3.30. The van der Waals surface area contributed by atoms with Gasteiger partial charge >= 0.3 is 0 Å². The van der Waals surface area contributed by atoms with E-state index in [1.807, 2.05) is 0 Å². The Morgan fingerprint density at radius 1 is 1.05 bits per heavy atom. The standard InChI is InChI=1S/C15H11BrN2O3/c1-21-13-7-9(3-5-12(13)16)18-14(19)10-4-2-8(17)6-11(10)15(18)20/h2-7H,17H2,1H3. The first-order valence-corrected chi connectivity index (χ1v) is 6.94. The van der Waals surface area contributed by atoms with Crippen molar-refractivity contribution >= 4 is 39.1 Å². The van der Waals surface area contributed by atoms with Crippen LogP contribution in [-0.2, 0) is 0 Å². The molecule has 6 heteroatoms. The summed E-state index contributed by atoms with van der Waals surface area (Å²) in [5.41, 5.74) is 7.27. The van der Waals surface area contributed by atoms with Crippen LogP contribution in [0.1, 0.15) is 20.7 Å². The van der Waals surface area contributed by atoms with Crippen molar-refractivity contribution in [2.75, 3.05) is 17.7 Å². The molecule has 2 aromatic carbocycles. The molecule has 0 aliphatic carbocycles. The van der Waals surface area contributed by atoms with E-state index >= 15 is 0 Å². The summed E-state index contributed by atoms with van der Waals surface area (Å²) in [6, 6.07) is 9.74. The molecule has 2 N–H and O–H groups in total. The fourth-order valence-electron chi connectivity index (χ4n) is 2.28. The molecule has 0 unspecified atom stereocenters. The number of halogens is 1. The van der Waals surface area contributed by atoms with Gasteiger partial charge in [0, 0.05) is 11.8 Å². The second-order valence-corrected chi connectivity index (χ2v) is 5.42. The number of nitrogens with two attached hydrogens (primary N) is 1. The molecule has 5 nitrogen and oxygen atoms in total. The second kappa shape index (κ2) is 4.89. The quantitative estimate of drug-likeness (QED) is 0.670. The number of nitrogen functional groups attached to an aromatic ring is 1. The first-order chi connectivity index (χ1) is 10.0. The Hall–Kier alpha value is -2.34. The Kier molecular flexibility index (Phi) is 3.17. The van der Waals surface area contributed by atoms with Gasteiger partial charge < -0.3 is 10.5 Å². The molecule has 0 spiro atoms. The Balaban J connectivity index is 2.09. The Labute approximate surface area is 129 Å². The molecule has 1 heterocycles. The maximum atomic E-state index is 12.4. The summed E-state index contributed by atoms with van der Waals surface area (Å²) >= 11 is 3.34. The van der Waals surface area contributed by atoms with Crippen LogP contribution in [0.25, 0.3) is 0 Å². The number of anilines is 2. The van der Waals surface area contributed by atoms with Gasteiger partial charge in [-0.2, -0.15) is 0 Å². The van der Waals surface area contributed by atoms with E-state index in [1.165, 1.54) is 13.2 Å². The number of imide groups is 1. The molecule has 0 radical (unpaired) electrons. The first kappa shape index (κ1) is 13.6. The molecule has 2 aromatic rings. The highest BCUT2D eigenvalue weighted by Gasteiger charge is 2.36. The average molecular weight is 347 g/mol. The molecular formula is C15H11BrN2O3. The number of amides is 2. The van der Waals surface area contributed by atoms with E-state index in [1.54, 1.807) is 30.3 Å². The predicted molar refractivity (Wildman–Crippen MR) is 82.7 cm³/mol. The van der Waals surface area contributed by atoms with Gasteiger partial charge in [-0.1, -0.05) is 0 Å². The van der Waals surface area contributed by atoms with Crippen molar-refractivity contribution < 1.29 is 14.3 Å². The van der Waals surface area contributed by atoms with Gasteiger partial charge in [-0.05, 0) is 46.3 Å². The molecule has 106 valence electrons. The van der Waals surface area contributed by atoms with E-state index in [2.05, 4.69) is 15.9 Å². The van der Waals surface area contributed by atoms with Crippen molar-refractivity contribution in [3.05, 3.63) is 52.0 Å². The van der Waals surface area contributed by atoms with Gasteiger partial charge in [0.2, 0.25) is 0 Å². The van der Waals surface area contributed by atoms with Crippen molar-refractivity contribution in [2.45, 2.75) is 0 Å². The van der Waals surface area contributed by atoms with E-state index < -0.39 is 0 Å². The Morgan fingerprint density at radius 2 is 1.76 bits per heavy atom. The average Bonchev–Trinajstić information content (AvgIpc) is 2.71. The van der Waals surface area contributed by atoms with Crippen LogP contribution >= 0.6 is 15.9 Å². The molecule has 0 bridgehead atoms. The molecule has 21 heavy (non-hydrogen) atoms. The Bertz CT molecular complexity index is 774. The van der Waals surface area contributed by atoms with Crippen molar-refractivity contribution in [1.82, 2.24) is 0 Å². The number of rotatable bonds is 2. The molecule has 0 aromatic heterocycles. The normalized spacial score (nSPS) is 13.5. The summed E-state index contributed by atoms with van der Waals surface area (Å²) in [5.74, 6) is -0.199. The third-order valence-corrected chi connectivity index (χ3v) is 3.96. The van der Waals surface area contributed by atoms with Gasteiger partial charge in [0.25, 0.3) is 11.8 Å². The number of ether oxygens (including phenoxy) is 1. The zero-order chi connectivity index (χ0) is 15.1. The summed E-state index contributed by atoms with van der Waals surface area (Å²) in [5, 5.41) is 0. The summed E-state index contributed by atoms with van der Waals surface area (Å²) < 4.78 is 5.94. The molecule has 0 fully saturated rings. The van der Waals surface area contributed by atoms with Crippen LogP contribution in [0.2, 0.25) is 0 Å². The van der Waals surface area contributed by atoms with Crippen LogP contribution in [0.15, 0.2) is 40.9 Å². The SMILES string of the molecule is COc1cc(N2C(=O)c3ccc(N)cc3C2=O)ccc1Br. The van der Waals surface area contributed by atoms with E-state index in [-0.39, 0.29) is 11.8 Å². The summed E-state index contributed by atoms with van der Waals surface area (Å²) in [6.45, 7) is 0. The topological polar surface area (TPSA) is 72.6 Å². The Morgan fingerprint density at radius 3 is 2.48 bits per heavy atom. The maximum absolute atomic E-state index is 12.4. The lowest BCUT2D eigenvalue weighted by Gasteiger charge is -2.15. The van der Waals surface area contributed by atoms with Gasteiger partial charge in [0.15, 0.2) is 0 Å². The molecule has 3 rings (SSSR count). The maximum Gasteiger partial charge on any atom is 0.266 e. The molecule has 2 amide bonds. The van der Waals surface area contributed by atoms with Crippen LogP contribution in [0, 0.1) is 0 Å².